The molecule has 90 valence electrons. The minimum Gasteiger partial charge on any atom is -0.376 e. The van der Waals surface area contributed by atoms with Crippen molar-refractivity contribution < 1.29 is 14.3 Å². The maximum absolute atomic E-state index is 11.7. The highest BCUT2D eigenvalue weighted by molar-refractivity contribution is 5.85. The van der Waals surface area contributed by atoms with Gasteiger partial charge in [-0.15, -0.1) is 0 Å². The molecule has 2 aliphatic heterocycles. The molecule has 0 bridgehead atoms. The summed E-state index contributed by atoms with van der Waals surface area (Å²) in [6.45, 7) is 2.58. The molecule has 0 aromatic heterocycles. The van der Waals surface area contributed by atoms with Gasteiger partial charge in [-0.1, -0.05) is 0 Å². The minimum atomic E-state index is -0.176. The lowest BCUT2D eigenvalue weighted by molar-refractivity contribution is -0.123. The van der Waals surface area contributed by atoms with Crippen LogP contribution in [0.1, 0.15) is 12.8 Å². The zero-order chi connectivity index (χ0) is 11.4. The number of rotatable bonds is 2. The molecule has 2 aliphatic rings. The van der Waals surface area contributed by atoms with E-state index in [-0.39, 0.29) is 24.6 Å². The largest absolute Gasteiger partial charge is 0.376 e. The molecular formula is C10H17N3O3. The van der Waals surface area contributed by atoms with Gasteiger partial charge in [0, 0.05) is 26.2 Å². The van der Waals surface area contributed by atoms with E-state index in [4.69, 9.17) is 4.74 Å². The van der Waals surface area contributed by atoms with E-state index in [0.29, 0.717) is 19.6 Å². The molecular weight excluding hydrogens is 210 g/mol. The first kappa shape index (κ1) is 11.2. The van der Waals surface area contributed by atoms with Crippen molar-refractivity contribution in [3.63, 3.8) is 0 Å². The predicted molar refractivity (Wildman–Crippen MR) is 57.0 cm³/mol. The predicted octanol–water partition coefficient (Wildman–Crippen LogP) is -0.693. The lowest BCUT2D eigenvalue weighted by Crippen LogP contribution is -2.53. The molecule has 6 nitrogen and oxygen atoms in total. The Balaban J connectivity index is 1.72. The number of carbonyl (C=O) groups is 2. The van der Waals surface area contributed by atoms with Crippen molar-refractivity contribution in [2.75, 3.05) is 32.8 Å². The molecule has 0 aromatic rings. The van der Waals surface area contributed by atoms with Gasteiger partial charge in [-0.05, 0) is 12.8 Å². The van der Waals surface area contributed by atoms with E-state index in [0.717, 1.165) is 19.4 Å². The fraction of sp³-hybridized carbons (Fsp3) is 0.800. The molecule has 0 aliphatic carbocycles. The van der Waals surface area contributed by atoms with Crippen molar-refractivity contribution in [1.82, 2.24) is 15.5 Å². The molecule has 1 unspecified atom stereocenters. The lowest BCUT2D eigenvalue weighted by atomic mass is 10.2. The third-order valence-electron chi connectivity index (χ3n) is 2.83. The fourth-order valence-corrected chi connectivity index (χ4v) is 1.93. The van der Waals surface area contributed by atoms with Crippen molar-refractivity contribution >= 4 is 11.9 Å². The van der Waals surface area contributed by atoms with Gasteiger partial charge in [0.05, 0.1) is 6.10 Å². The van der Waals surface area contributed by atoms with Gasteiger partial charge >= 0.3 is 6.03 Å². The van der Waals surface area contributed by atoms with Crippen molar-refractivity contribution in [3.05, 3.63) is 0 Å². The summed E-state index contributed by atoms with van der Waals surface area (Å²) < 4.78 is 5.40. The van der Waals surface area contributed by atoms with Gasteiger partial charge in [-0.2, -0.15) is 0 Å². The van der Waals surface area contributed by atoms with Gasteiger partial charge in [-0.25, -0.2) is 4.79 Å². The van der Waals surface area contributed by atoms with Crippen LogP contribution in [0, 0.1) is 0 Å². The first-order valence-electron chi connectivity index (χ1n) is 5.67. The molecule has 2 heterocycles. The normalized spacial score (nSPS) is 25.4. The molecule has 2 fully saturated rings. The Morgan fingerprint density at radius 1 is 1.62 bits per heavy atom. The average molecular weight is 227 g/mol. The van der Waals surface area contributed by atoms with Gasteiger partial charge in [0.15, 0.2) is 0 Å². The van der Waals surface area contributed by atoms with Crippen molar-refractivity contribution in [1.29, 1.82) is 0 Å². The summed E-state index contributed by atoms with van der Waals surface area (Å²) in [6, 6.07) is -0.176. The van der Waals surface area contributed by atoms with Crippen molar-refractivity contribution in [2.45, 2.75) is 18.9 Å². The zero-order valence-electron chi connectivity index (χ0n) is 9.20. The second-order valence-corrected chi connectivity index (χ2v) is 4.09. The standard InChI is InChI=1S/C10H17N3O3/c14-9-7-13(4-3-11-9)10(15)12-6-8-2-1-5-16-8/h8H,1-7H2,(H,11,14)(H,12,15). The summed E-state index contributed by atoms with van der Waals surface area (Å²) >= 11 is 0. The van der Waals surface area contributed by atoms with Crippen LogP contribution in [0.2, 0.25) is 0 Å². The summed E-state index contributed by atoms with van der Waals surface area (Å²) in [5.74, 6) is -0.0986. The lowest BCUT2D eigenvalue weighted by Gasteiger charge is -2.27. The summed E-state index contributed by atoms with van der Waals surface area (Å²) in [7, 11) is 0. The first-order chi connectivity index (χ1) is 7.75. The highest BCUT2D eigenvalue weighted by Gasteiger charge is 2.22. The van der Waals surface area contributed by atoms with Crippen LogP contribution >= 0.6 is 0 Å². The molecule has 0 aromatic carbocycles. The maximum Gasteiger partial charge on any atom is 0.318 e. The smallest absolute Gasteiger partial charge is 0.318 e. The Kier molecular flexibility index (Phi) is 3.61. The number of amides is 3. The van der Waals surface area contributed by atoms with Crippen molar-refractivity contribution in [2.24, 2.45) is 0 Å². The number of nitrogens with one attached hydrogen (secondary N) is 2. The van der Waals surface area contributed by atoms with Gasteiger partial charge in [-0.3, -0.25) is 4.79 Å². The van der Waals surface area contributed by atoms with E-state index < -0.39 is 0 Å². The molecule has 2 N–H and O–H groups in total. The number of urea groups is 1. The van der Waals surface area contributed by atoms with E-state index in [2.05, 4.69) is 10.6 Å². The Hall–Kier alpha value is -1.30. The van der Waals surface area contributed by atoms with E-state index in [1.807, 2.05) is 0 Å². The molecule has 3 amide bonds. The second-order valence-electron chi connectivity index (χ2n) is 4.09. The van der Waals surface area contributed by atoms with Crippen LogP contribution in [-0.4, -0.2) is 55.7 Å². The Labute approximate surface area is 94.3 Å². The quantitative estimate of drug-likeness (QED) is 0.656. The van der Waals surface area contributed by atoms with E-state index >= 15 is 0 Å². The molecule has 16 heavy (non-hydrogen) atoms. The topological polar surface area (TPSA) is 70.7 Å². The number of hydrogen-bond acceptors (Lipinski definition) is 3. The highest BCUT2D eigenvalue weighted by Crippen LogP contribution is 2.10. The molecule has 1 atom stereocenters. The van der Waals surface area contributed by atoms with E-state index in [1.165, 1.54) is 4.90 Å². The summed E-state index contributed by atoms with van der Waals surface area (Å²) in [5, 5.41) is 5.48. The molecule has 0 spiro atoms. The summed E-state index contributed by atoms with van der Waals surface area (Å²) in [5.41, 5.74) is 0. The summed E-state index contributed by atoms with van der Waals surface area (Å²) in [6.07, 6.45) is 2.20. The number of nitrogens with zero attached hydrogens (tertiary/aromatic N) is 1. The number of piperazine rings is 1. The van der Waals surface area contributed by atoms with Gasteiger partial charge in [0.1, 0.15) is 6.54 Å². The number of ether oxygens (including phenoxy) is 1. The molecule has 2 rings (SSSR count). The second kappa shape index (κ2) is 5.16. The van der Waals surface area contributed by atoms with Crippen LogP contribution < -0.4 is 10.6 Å². The van der Waals surface area contributed by atoms with E-state index in [9.17, 15) is 9.59 Å². The summed E-state index contributed by atoms with van der Waals surface area (Å²) in [4.78, 5) is 24.3. The van der Waals surface area contributed by atoms with Crippen LogP contribution in [-0.2, 0) is 9.53 Å². The van der Waals surface area contributed by atoms with Crippen LogP contribution in [0.3, 0.4) is 0 Å². The fourth-order valence-electron chi connectivity index (χ4n) is 1.93. The average Bonchev–Trinajstić information content (AvgIpc) is 2.78. The van der Waals surface area contributed by atoms with Gasteiger partial charge < -0.3 is 20.3 Å². The monoisotopic (exact) mass is 227 g/mol. The van der Waals surface area contributed by atoms with Crippen LogP contribution in [0.5, 0.6) is 0 Å². The SMILES string of the molecule is O=C1CN(C(=O)NCC2CCCO2)CCN1. The van der Waals surface area contributed by atoms with Crippen LogP contribution in [0.25, 0.3) is 0 Å². The Bertz CT molecular complexity index is 276. The zero-order valence-corrected chi connectivity index (χ0v) is 9.20. The Morgan fingerprint density at radius 2 is 2.50 bits per heavy atom. The molecule has 6 heteroatoms. The van der Waals surface area contributed by atoms with Crippen LogP contribution in [0.15, 0.2) is 0 Å². The van der Waals surface area contributed by atoms with Gasteiger partial charge in [0.2, 0.25) is 5.91 Å². The molecule has 0 radical (unpaired) electrons. The number of carbonyl (C=O) groups excluding carboxylic acids is 2. The third kappa shape index (κ3) is 2.85. The minimum absolute atomic E-state index is 0.0986. The Morgan fingerprint density at radius 3 is 3.19 bits per heavy atom. The van der Waals surface area contributed by atoms with E-state index in [1.54, 1.807) is 0 Å². The van der Waals surface area contributed by atoms with Gasteiger partial charge in [0.25, 0.3) is 0 Å². The maximum atomic E-state index is 11.7. The molecule has 0 saturated carbocycles. The van der Waals surface area contributed by atoms with Crippen molar-refractivity contribution in [3.8, 4) is 0 Å². The number of hydrogen-bond donors (Lipinski definition) is 2. The first-order valence-corrected chi connectivity index (χ1v) is 5.67. The molecule has 2 saturated heterocycles. The van der Waals surface area contributed by atoms with Crippen LogP contribution in [0.4, 0.5) is 4.79 Å². The highest BCUT2D eigenvalue weighted by atomic mass is 16.5. The third-order valence-corrected chi connectivity index (χ3v) is 2.83.